The maximum absolute atomic E-state index is 10.6. The van der Waals surface area contributed by atoms with Crippen molar-refractivity contribution in [1.29, 1.82) is 0 Å². The molecule has 1 aliphatic rings. The van der Waals surface area contributed by atoms with Crippen molar-refractivity contribution in [2.45, 2.75) is 52.7 Å². The lowest BCUT2D eigenvalue weighted by Crippen LogP contribution is -2.45. The summed E-state index contributed by atoms with van der Waals surface area (Å²) in [6.07, 6.45) is 5.17. The van der Waals surface area contributed by atoms with Gasteiger partial charge in [-0.05, 0) is 42.9 Å². The summed E-state index contributed by atoms with van der Waals surface area (Å²) in [4.78, 5) is 6.80. The Morgan fingerprint density at radius 3 is 2.85 bits per heavy atom. The molecule has 20 heavy (non-hydrogen) atoms. The molecule has 0 aromatic carbocycles. The van der Waals surface area contributed by atoms with Gasteiger partial charge in [-0.1, -0.05) is 33.3 Å². The maximum Gasteiger partial charge on any atom is 0.0631 e. The van der Waals surface area contributed by atoms with E-state index in [0.29, 0.717) is 5.92 Å². The summed E-state index contributed by atoms with van der Waals surface area (Å²) in [6.45, 7) is 9.42. The van der Waals surface area contributed by atoms with E-state index in [0.717, 1.165) is 38.2 Å². The largest absolute Gasteiger partial charge is 0.392 e. The fourth-order valence-corrected chi connectivity index (χ4v) is 3.31. The molecule has 112 valence electrons. The molecule has 3 nitrogen and oxygen atoms in total. The van der Waals surface area contributed by atoms with Gasteiger partial charge >= 0.3 is 0 Å². The van der Waals surface area contributed by atoms with E-state index in [1.807, 2.05) is 18.3 Å². The first-order chi connectivity index (χ1) is 9.53. The Morgan fingerprint density at radius 1 is 1.40 bits per heavy atom. The molecule has 0 saturated heterocycles. The third kappa shape index (κ3) is 3.80. The van der Waals surface area contributed by atoms with Crippen molar-refractivity contribution < 1.29 is 5.11 Å². The van der Waals surface area contributed by atoms with E-state index in [9.17, 15) is 5.11 Å². The van der Waals surface area contributed by atoms with Crippen LogP contribution in [0, 0.1) is 11.3 Å². The smallest absolute Gasteiger partial charge is 0.0631 e. The molecule has 2 unspecified atom stereocenters. The zero-order valence-corrected chi connectivity index (χ0v) is 13.0. The summed E-state index contributed by atoms with van der Waals surface area (Å²) in [7, 11) is 0. The van der Waals surface area contributed by atoms with Crippen LogP contribution >= 0.6 is 0 Å². The molecule has 0 radical (unpaired) electrons. The third-order valence-corrected chi connectivity index (χ3v) is 4.69. The summed E-state index contributed by atoms with van der Waals surface area (Å²) in [5.74, 6) is 0.391. The normalized spacial score (nSPS) is 25.9. The summed E-state index contributed by atoms with van der Waals surface area (Å²) in [5, 5.41) is 10.6. The molecule has 0 spiro atoms. The standard InChI is InChI=1S/C17H28N2O/c1-4-19(13-15-9-5-6-11-18-15)12-14-8-7-10-17(2,3)16(14)20/h5-6,9,11,14,16,20H,4,7-8,10,12-13H2,1-3H3. The van der Waals surface area contributed by atoms with E-state index in [2.05, 4.69) is 36.7 Å². The molecule has 2 atom stereocenters. The fourth-order valence-electron chi connectivity index (χ4n) is 3.31. The number of aliphatic hydroxyl groups is 1. The second-order valence-corrected chi connectivity index (χ2v) is 6.73. The van der Waals surface area contributed by atoms with E-state index in [1.54, 1.807) is 0 Å². The monoisotopic (exact) mass is 276 g/mol. The van der Waals surface area contributed by atoms with Gasteiger partial charge in [0, 0.05) is 19.3 Å². The molecular formula is C17H28N2O. The van der Waals surface area contributed by atoms with Crippen LogP contribution in [0.2, 0.25) is 0 Å². The Morgan fingerprint density at radius 2 is 2.20 bits per heavy atom. The van der Waals surface area contributed by atoms with Crippen molar-refractivity contribution in [2.24, 2.45) is 11.3 Å². The highest BCUT2D eigenvalue weighted by Crippen LogP contribution is 2.39. The van der Waals surface area contributed by atoms with Gasteiger partial charge in [-0.2, -0.15) is 0 Å². The molecule has 1 aromatic heterocycles. The van der Waals surface area contributed by atoms with Gasteiger partial charge in [0.15, 0.2) is 0 Å². The Kier molecular flexibility index (Phi) is 5.17. The van der Waals surface area contributed by atoms with Gasteiger partial charge < -0.3 is 5.11 Å². The van der Waals surface area contributed by atoms with Crippen molar-refractivity contribution in [3.8, 4) is 0 Å². The van der Waals surface area contributed by atoms with Crippen LogP contribution in [-0.4, -0.2) is 34.2 Å². The molecule has 1 saturated carbocycles. The average molecular weight is 276 g/mol. The Bertz CT molecular complexity index is 405. The predicted molar refractivity (Wildman–Crippen MR) is 82.3 cm³/mol. The lowest BCUT2D eigenvalue weighted by molar-refractivity contribution is -0.0433. The van der Waals surface area contributed by atoms with Crippen LogP contribution in [-0.2, 0) is 6.54 Å². The molecule has 1 N–H and O–H groups in total. The topological polar surface area (TPSA) is 36.4 Å². The number of aliphatic hydroxyl groups excluding tert-OH is 1. The second kappa shape index (κ2) is 6.68. The van der Waals surface area contributed by atoms with Gasteiger partial charge in [-0.3, -0.25) is 9.88 Å². The van der Waals surface area contributed by atoms with Crippen molar-refractivity contribution >= 4 is 0 Å². The second-order valence-electron chi connectivity index (χ2n) is 6.73. The zero-order chi connectivity index (χ0) is 14.6. The van der Waals surface area contributed by atoms with Crippen molar-refractivity contribution in [3.63, 3.8) is 0 Å². The Balaban J connectivity index is 1.96. The molecule has 1 fully saturated rings. The first-order valence-electron chi connectivity index (χ1n) is 7.83. The van der Waals surface area contributed by atoms with E-state index < -0.39 is 0 Å². The van der Waals surface area contributed by atoms with E-state index in [1.165, 1.54) is 6.42 Å². The zero-order valence-electron chi connectivity index (χ0n) is 13.0. The molecule has 0 amide bonds. The van der Waals surface area contributed by atoms with Crippen LogP contribution in [0.5, 0.6) is 0 Å². The molecule has 1 heterocycles. The van der Waals surface area contributed by atoms with E-state index in [-0.39, 0.29) is 11.5 Å². The van der Waals surface area contributed by atoms with Crippen molar-refractivity contribution in [2.75, 3.05) is 13.1 Å². The predicted octanol–water partition coefficient (Wildman–Crippen LogP) is 3.09. The van der Waals surface area contributed by atoms with Crippen LogP contribution < -0.4 is 0 Å². The van der Waals surface area contributed by atoms with Gasteiger partial charge in [-0.25, -0.2) is 0 Å². The van der Waals surface area contributed by atoms with Gasteiger partial charge in [0.2, 0.25) is 0 Å². The van der Waals surface area contributed by atoms with Crippen molar-refractivity contribution in [1.82, 2.24) is 9.88 Å². The van der Waals surface area contributed by atoms with Crippen LogP contribution in [0.15, 0.2) is 24.4 Å². The average Bonchev–Trinajstić information content (AvgIpc) is 2.44. The third-order valence-electron chi connectivity index (χ3n) is 4.69. The Hall–Kier alpha value is -0.930. The lowest BCUT2D eigenvalue weighted by Gasteiger charge is -2.42. The minimum atomic E-state index is -0.186. The number of rotatable bonds is 5. The number of hydrogen-bond acceptors (Lipinski definition) is 3. The number of hydrogen-bond donors (Lipinski definition) is 1. The van der Waals surface area contributed by atoms with E-state index in [4.69, 9.17) is 0 Å². The number of nitrogens with zero attached hydrogens (tertiary/aromatic N) is 2. The minimum absolute atomic E-state index is 0.0628. The summed E-state index contributed by atoms with van der Waals surface area (Å²) < 4.78 is 0. The van der Waals surface area contributed by atoms with Crippen LogP contribution in [0.1, 0.15) is 45.7 Å². The molecule has 3 heteroatoms. The highest BCUT2D eigenvalue weighted by Gasteiger charge is 2.38. The van der Waals surface area contributed by atoms with Gasteiger partial charge in [0.05, 0.1) is 11.8 Å². The first-order valence-corrected chi connectivity index (χ1v) is 7.83. The molecular weight excluding hydrogens is 248 g/mol. The van der Waals surface area contributed by atoms with Crippen LogP contribution in [0.25, 0.3) is 0 Å². The lowest BCUT2D eigenvalue weighted by atomic mass is 9.69. The fraction of sp³-hybridized carbons (Fsp3) is 0.706. The summed E-state index contributed by atoms with van der Waals surface area (Å²) in [5.41, 5.74) is 1.17. The summed E-state index contributed by atoms with van der Waals surface area (Å²) in [6, 6.07) is 6.06. The molecule has 1 aliphatic carbocycles. The SMILES string of the molecule is CCN(Cc1ccccn1)CC1CCCC(C)(C)C1O. The summed E-state index contributed by atoms with van der Waals surface area (Å²) >= 11 is 0. The molecule has 1 aromatic rings. The molecule has 2 rings (SSSR count). The highest BCUT2D eigenvalue weighted by atomic mass is 16.3. The number of pyridine rings is 1. The first kappa shape index (κ1) is 15.5. The van der Waals surface area contributed by atoms with Crippen LogP contribution in [0.4, 0.5) is 0 Å². The van der Waals surface area contributed by atoms with Crippen molar-refractivity contribution in [3.05, 3.63) is 30.1 Å². The van der Waals surface area contributed by atoms with E-state index >= 15 is 0 Å². The quantitative estimate of drug-likeness (QED) is 0.898. The van der Waals surface area contributed by atoms with Gasteiger partial charge in [0.1, 0.15) is 0 Å². The number of aromatic nitrogens is 1. The molecule has 0 aliphatic heterocycles. The van der Waals surface area contributed by atoms with Gasteiger partial charge in [-0.15, -0.1) is 0 Å². The van der Waals surface area contributed by atoms with Crippen LogP contribution in [0.3, 0.4) is 0 Å². The van der Waals surface area contributed by atoms with Gasteiger partial charge in [0.25, 0.3) is 0 Å². The maximum atomic E-state index is 10.6. The highest BCUT2D eigenvalue weighted by molar-refractivity contribution is 5.03. The minimum Gasteiger partial charge on any atom is -0.392 e. The molecule has 0 bridgehead atoms. The Labute approximate surface area is 123 Å².